The van der Waals surface area contributed by atoms with E-state index in [4.69, 9.17) is 4.74 Å². The molecule has 2 aromatic carbocycles. The molecule has 0 aliphatic heterocycles. The fourth-order valence-electron chi connectivity index (χ4n) is 2.17. The van der Waals surface area contributed by atoms with Gasteiger partial charge in [-0.3, -0.25) is 14.9 Å². The van der Waals surface area contributed by atoms with Crippen LogP contribution in [0, 0.1) is 5.82 Å². The average Bonchev–Trinajstić information content (AvgIpc) is 3.15. The number of nitrogens with one attached hydrogen (secondary N) is 2. The summed E-state index contributed by atoms with van der Waals surface area (Å²) in [4.78, 5) is 28.3. The van der Waals surface area contributed by atoms with E-state index in [1.165, 1.54) is 30.6 Å². The van der Waals surface area contributed by atoms with Crippen LogP contribution in [0.5, 0.6) is 5.75 Å². The van der Waals surface area contributed by atoms with E-state index in [9.17, 15) is 14.0 Å². The lowest BCUT2D eigenvalue weighted by Gasteiger charge is -2.08. The summed E-state index contributed by atoms with van der Waals surface area (Å²) in [5.41, 5.74) is 1.07. The monoisotopic (exact) mass is 371 g/mol. The zero-order valence-electron chi connectivity index (χ0n) is 13.7. The second-order valence-electron chi connectivity index (χ2n) is 5.17. The number of carbonyl (C=O) groups is 2. The predicted octanol–water partition coefficient (Wildman–Crippen LogP) is 3.80. The standard InChI is InChI=1S/C18H14FN3O3S/c1-25-15-7-4-12(10-14(15)19)17(24)21-13-5-2-11(3-6-13)16(23)22-18-20-8-9-26-18/h2-10H,1H3,(H,21,24)(H,20,22,23). The van der Waals surface area contributed by atoms with Gasteiger partial charge in [-0.2, -0.15) is 0 Å². The topological polar surface area (TPSA) is 80.3 Å². The molecule has 0 atom stereocenters. The minimum atomic E-state index is -0.616. The molecule has 26 heavy (non-hydrogen) atoms. The first kappa shape index (κ1) is 17.6. The first-order valence-corrected chi connectivity index (χ1v) is 8.40. The number of aromatic nitrogens is 1. The van der Waals surface area contributed by atoms with Gasteiger partial charge in [-0.15, -0.1) is 11.3 Å². The molecular formula is C18H14FN3O3S. The van der Waals surface area contributed by atoms with Crippen LogP contribution in [-0.4, -0.2) is 23.9 Å². The van der Waals surface area contributed by atoms with Crippen LogP contribution in [0.2, 0.25) is 0 Å². The Kier molecular flexibility index (Phi) is 5.23. The maximum Gasteiger partial charge on any atom is 0.257 e. The van der Waals surface area contributed by atoms with E-state index < -0.39 is 11.7 Å². The van der Waals surface area contributed by atoms with Crippen LogP contribution in [0.3, 0.4) is 0 Å². The molecule has 0 saturated carbocycles. The zero-order valence-corrected chi connectivity index (χ0v) is 14.5. The van der Waals surface area contributed by atoms with Crippen molar-refractivity contribution in [1.29, 1.82) is 0 Å². The summed E-state index contributed by atoms with van der Waals surface area (Å²) in [6, 6.07) is 10.3. The van der Waals surface area contributed by atoms with Gasteiger partial charge in [0.1, 0.15) is 0 Å². The number of amides is 2. The van der Waals surface area contributed by atoms with Crippen molar-refractivity contribution in [3.05, 3.63) is 71.0 Å². The molecule has 3 rings (SSSR count). The fourth-order valence-corrected chi connectivity index (χ4v) is 2.69. The Morgan fingerprint density at radius 2 is 1.73 bits per heavy atom. The molecule has 0 saturated heterocycles. The highest BCUT2D eigenvalue weighted by atomic mass is 32.1. The van der Waals surface area contributed by atoms with Crippen molar-refractivity contribution in [1.82, 2.24) is 4.98 Å². The molecule has 2 N–H and O–H groups in total. The second kappa shape index (κ2) is 7.75. The molecule has 3 aromatic rings. The van der Waals surface area contributed by atoms with Gasteiger partial charge in [0.2, 0.25) is 0 Å². The van der Waals surface area contributed by atoms with Crippen LogP contribution in [0.1, 0.15) is 20.7 Å². The number of benzene rings is 2. The van der Waals surface area contributed by atoms with Gasteiger partial charge in [-0.25, -0.2) is 9.37 Å². The lowest BCUT2D eigenvalue weighted by molar-refractivity contribution is 0.101. The van der Waals surface area contributed by atoms with Crippen molar-refractivity contribution in [2.45, 2.75) is 0 Å². The molecule has 1 aromatic heterocycles. The molecule has 6 nitrogen and oxygen atoms in total. The SMILES string of the molecule is COc1ccc(C(=O)Nc2ccc(C(=O)Nc3nccs3)cc2)cc1F. The molecule has 2 amide bonds. The predicted molar refractivity (Wildman–Crippen MR) is 97.4 cm³/mol. The number of hydrogen-bond acceptors (Lipinski definition) is 5. The van der Waals surface area contributed by atoms with Crippen LogP contribution in [0.4, 0.5) is 15.2 Å². The van der Waals surface area contributed by atoms with Crippen LogP contribution in [-0.2, 0) is 0 Å². The molecule has 0 bridgehead atoms. The minimum Gasteiger partial charge on any atom is -0.494 e. The summed E-state index contributed by atoms with van der Waals surface area (Å²) in [6.07, 6.45) is 1.60. The van der Waals surface area contributed by atoms with Crippen LogP contribution in [0.15, 0.2) is 54.0 Å². The summed E-state index contributed by atoms with van der Waals surface area (Å²) in [7, 11) is 1.35. The maximum atomic E-state index is 13.7. The molecule has 8 heteroatoms. The summed E-state index contributed by atoms with van der Waals surface area (Å²) in [5, 5.41) is 7.58. The largest absolute Gasteiger partial charge is 0.494 e. The van der Waals surface area contributed by atoms with Crippen LogP contribution in [0.25, 0.3) is 0 Å². The van der Waals surface area contributed by atoms with Crippen molar-refractivity contribution >= 4 is 34.0 Å². The number of nitrogens with zero attached hydrogens (tertiary/aromatic N) is 1. The van der Waals surface area contributed by atoms with Crippen molar-refractivity contribution in [2.24, 2.45) is 0 Å². The van der Waals surface area contributed by atoms with Gasteiger partial charge in [0, 0.05) is 28.4 Å². The molecular weight excluding hydrogens is 357 g/mol. The lowest BCUT2D eigenvalue weighted by Crippen LogP contribution is -2.14. The maximum absolute atomic E-state index is 13.7. The summed E-state index contributed by atoms with van der Waals surface area (Å²) < 4.78 is 18.5. The minimum absolute atomic E-state index is 0.0668. The highest BCUT2D eigenvalue weighted by Gasteiger charge is 2.11. The van der Waals surface area contributed by atoms with Crippen molar-refractivity contribution in [2.75, 3.05) is 17.7 Å². The fraction of sp³-hybridized carbons (Fsp3) is 0.0556. The quantitative estimate of drug-likeness (QED) is 0.715. The second-order valence-corrected chi connectivity index (χ2v) is 6.07. The summed E-state index contributed by atoms with van der Waals surface area (Å²) >= 11 is 1.32. The zero-order chi connectivity index (χ0) is 18.5. The molecule has 0 radical (unpaired) electrons. The van der Waals surface area contributed by atoms with E-state index in [2.05, 4.69) is 15.6 Å². The number of thiazole rings is 1. The smallest absolute Gasteiger partial charge is 0.257 e. The molecule has 0 aliphatic carbocycles. The van der Waals surface area contributed by atoms with E-state index in [1.807, 2.05) is 0 Å². The van der Waals surface area contributed by atoms with Gasteiger partial charge in [0.25, 0.3) is 11.8 Å². The van der Waals surface area contributed by atoms with Gasteiger partial charge in [0.05, 0.1) is 7.11 Å². The molecule has 132 valence electrons. The number of ether oxygens (including phenoxy) is 1. The summed E-state index contributed by atoms with van der Waals surface area (Å²) in [6.45, 7) is 0. The molecule has 0 spiro atoms. The van der Waals surface area contributed by atoms with Crippen molar-refractivity contribution in [3.8, 4) is 5.75 Å². The van der Waals surface area contributed by atoms with E-state index in [0.717, 1.165) is 6.07 Å². The lowest BCUT2D eigenvalue weighted by atomic mass is 10.1. The van der Waals surface area contributed by atoms with Gasteiger partial charge in [-0.1, -0.05) is 0 Å². The van der Waals surface area contributed by atoms with E-state index >= 15 is 0 Å². The normalized spacial score (nSPS) is 10.2. The Hall–Kier alpha value is -3.26. The Labute approximate surface area is 152 Å². The van der Waals surface area contributed by atoms with Gasteiger partial charge < -0.3 is 10.1 Å². The van der Waals surface area contributed by atoms with E-state index in [1.54, 1.807) is 35.8 Å². The van der Waals surface area contributed by atoms with Crippen molar-refractivity contribution < 1.29 is 18.7 Å². The third kappa shape index (κ3) is 4.04. The number of carbonyl (C=O) groups excluding carboxylic acids is 2. The third-order valence-electron chi connectivity index (χ3n) is 3.47. The number of hydrogen-bond donors (Lipinski definition) is 2. The molecule has 0 aliphatic rings. The number of halogens is 1. The van der Waals surface area contributed by atoms with E-state index in [-0.39, 0.29) is 17.2 Å². The number of methoxy groups -OCH3 is 1. The number of anilines is 2. The number of rotatable bonds is 5. The first-order valence-electron chi connectivity index (χ1n) is 7.52. The van der Waals surface area contributed by atoms with Crippen LogP contribution < -0.4 is 15.4 Å². The Balaban J connectivity index is 1.66. The highest BCUT2D eigenvalue weighted by molar-refractivity contribution is 7.13. The highest BCUT2D eigenvalue weighted by Crippen LogP contribution is 2.19. The Morgan fingerprint density at radius 1 is 1.04 bits per heavy atom. The summed E-state index contributed by atoms with van der Waals surface area (Å²) in [5.74, 6) is -1.31. The van der Waals surface area contributed by atoms with Gasteiger partial charge in [-0.05, 0) is 42.5 Å². The molecule has 0 fully saturated rings. The Bertz CT molecular complexity index is 927. The average molecular weight is 371 g/mol. The molecule has 1 heterocycles. The Morgan fingerprint density at radius 3 is 2.35 bits per heavy atom. The first-order chi connectivity index (χ1) is 12.6. The van der Waals surface area contributed by atoms with Crippen molar-refractivity contribution in [3.63, 3.8) is 0 Å². The van der Waals surface area contributed by atoms with Gasteiger partial charge >= 0.3 is 0 Å². The third-order valence-corrected chi connectivity index (χ3v) is 4.16. The van der Waals surface area contributed by atoms with Crippen LogP contribution >= 0.6 is 11.3 Å². The molecule has 0 unspecified atom stereocenters. The van der Waals surface area contributed by atoms with Gasteiger partial charge in [0.15, 0.2) is 16.7 Å². The van der Waals surface area contributed by atoms with E-state index in [0.29, 0.717) is 16.4 Å².